The Bertz CT molecular complexity index is 494. The number of hydrogen-bond donors (Lipinski definition) is 1. The molecule has 0 heterocycles. The van der Waals surface area contributed by atoms with Gasteiger partial charge in [-0.15, -0.1) is 0 Å². The summed E-state index contributed by atoms with van der Waals surface area (Å²) in [6.45, 7) is 2.12. The molecule has 0 saturated carbocycles. The molecule has 1 N–H and O–H groups in total. The summed E-state index contributed by atoms with van der Waals surface area (Å²) in [5.74, 6) is 0. The van der Waals surface area contributed by atoms with Gasteiger partial charge in [-0.3, -0.25) is 0 Å². The van der Waals surface area contributed by atoms with Crippen molar-refractivity contribution in [1.82, 2.24) is 5.32 Å². The summed E-state index contributed by atoms with van der Waals surface area (Å²) in [6, 6.07) is 17.2. The van der Waals surface area contributed by atoms with Crippen LogP contribution >= 0.6 is 15.9 Å². The summed E-state index contributed by atoms with van der Waals surface area (Å²) in [4.78, 5) is 0. The molecule has 1 atom stereocenters. The quantitative estimate of drug-likeness (QED) is 0.898. The molecule has 0 aromatic heterocycles. The highest BCUT2D eigenvalue weighted by molar-refractivity contribution is 9.10. The summed E-state index contributed by atoms with van der Waals surface area (Å²) in [5.41, 5.74) is 3.83. The molecule has 2 aromatic carbocycles. The van der Waals surface area contributed by atoms with Crippen LogP contribution in [0.2, 0.25) is 0 Å². The standard InChI is InChI=1S/C15H16BrN/c1-11-8-9-14(16)13(10-11)15(17-2)12-6-4-3-5-7-12/h3-10,15,17H,1-2H3. The third kappa shape index (κ3) is 2.76. The van der Waals surface area contributed by atoms with Crippen LogP contribution < -0.4 is 5.32 Å². The van der Waals surface area contributed by atoms with Gasteiger partial charge in [-0.1, -0.05) is 64.0 Å². The van der Waals surface area contributed by atoms with Gasteiger partial charge in [0, 0.05) is 4.47 Å². The number of nitrogens with one attached hydrogen (secondary N) is 1. The molecular formula is C15H16BrN. The van der Waals surface area contributed by atoms with E-state index in [1.54, 1.807) is 0 Å². The summed E-state index contributed by atoms with van der Waals surface area (Å²) in [7, 11) is 1.99. The van der Waals surface area contributed by atoms with Crippen molar-refractivity contribution in [3.63, 3.8) is 0 Å². The monoisotopic (exact) mass is 289 g/mol. The second-order valence-electron chi connectivity index (χ2n) is 4.16. The van der Waals surface area contributed by atoms with Crippen LogP contribution in [-0.4, -0.2) is 7.05 Å². The number of rotatable bonds is 3. The Balaban J connectivity index is 2.46. The first-order valence-electron chi connectivity index (χ1n) is 5.70. The Morgan fingerprint density at radius 1 is 1.06 bits per heavy atom. The van der Waals surface area contributed by atoms with Crippen LogP contribution in [0.1, 0.15) is 22.7 Å². The van der Waals surface area contributed by atoms with E-state index in [4.69, 9.17) is 0 Å². The molecule has 0 bridgehead atoms. The van der Waals surface area contributed by atoms with Crippen molar-refractivity contribution in [2.45, 2.75) is 13.0 Å². The van der Waals surface area contributed by atoms with E-state index in [1.165, 1.54) is 16.7 Å². The zero-order valence-corrected chi connectivity index (χ0v) is 11.7. The van der Waals surface area contributed by atoms with Crippen LogP contribution in [-0.2, 0) is 0 Å². The van der Waals surface area contributed by atoms with Gasteiger partial charge >= 0.3 is 0 Å². The number of aryl methyl sites for hydroxylation is 1. The molecule has 1 unspecified atom stereocenters. The van der Waals surface area contributed by atoms with Gasteiger partial charge in [0.1, 0.15) is 0 Å². The minimum absolute atomic E-state index is 0.227. The van der Waals surface area contributed by atoms with E-state index < -0.39 is 0 Å². The second-order valence-corrected chi connectivity index (χ2v) is 5.01. The molecule has 17 heavy (non-hydrogen) atoms. The highest BCUT2D eigenvalue weighted by atomic mass is 79.9. The van der Waals surface area contributed by atoms with Gasteiger partial charge in [-0.05, 0) is 31.2 Å². The van der Waals surface area contributed by atoms with Crippen molar-refractivity contribution in [2.75, 3.05) is 7.05 Å². The molecule has 2 rings (SSSR count). The average molecular weight is 290 g/mol. The molecule has 2 heteroatoms. The van der Waals surface area contributed by atoms with E-state index >= 15 is 0 Å². The van der Waals surface area contributed by atoms with Crippen LogP contribution in [0.4, 0.5) is 0 Å². The fraction of sp³-hybridized carbons (Fsp3) is 0.200. The van der Waals surface area contributed by atoms with Crippen molar-refractivity contribution < 1.29 is 0 Å². The zero-order chi connectivity index (χ0) is 12.3. The molecule has 0 aliphatic heterocycles. The number of hydrogen-bond acceptors (Lipinski definition) is 1. The van der Waals surface area contributed by atoms with Crippen molar-refractivity contribution in [3.05, 3.63) is 69.7 Å². The van der Waals surface area contributed by atoms with Crippen LogP contribution in [0.25, 0.3) is 0 Å². The Labute approximate surface area is 111 Å². The predicted molar refractivity (Wildman–Crippen MR) is 76.2 cm³/mol. The average Bonchev–Trinajstić information content (AvgIpc) is 2.36. The maximum Gasteiger partial charge on any atom is 0.0585 e. The van der Waals surface area contributed by atoms with E-state index in [0.29, 0.717) is 0 Å². The van der Waals surface area contributed by atoms with Crippen molar-refractivity contribution in [2.24, 2.45) is 0 Å². The van der Waals surface area contributed by atoms with Gasteiger partial charge in [0.05, 0.1) is 6.04 Å². The fourth-order valence-corrected chi connectivity index (χ4v) is 2.51. The number of benzene rings is 2. The Hall–Kier alpha value is -1.12. The molecule has 0 spiro atoms. The Morgan fingerprint density at radius 2 is 1.76 bits per heavy atom. The maximum atomic E-state index is 3.63. The van der Waals surface area contributed by atoms with E-state index in [2.05, 4.69) is 70.6 Å². The molecule has 0 aliphatic carbocycles. The van der Waals surface area contributed by atoms with Gasteiger partial charge < -0.3 is 5.32 Å². The summed E-state index contributed by atoms with van der Waals surface area (Å²) in [5, 5.41) is 3.37. The topological polar surface area (TPSA) is 12.0 Å². The normalized spacial score (nSPS) is 12.4. The van der Waals surface area contributed by atoms with E-state index in [-0.39, 0.29) is 6.04 Å². The highest BCUT2D eigenvalue weighted by Crippen LogP contribution is 2.29. The van der Waals surface area contributed by atoms with E-state index in [1.807, 2.05) is 13.1 Å². The maximum absolute atomic E-state index is 3.63. The van der Waals surface area contributed by atoms with Gasteiger partial charge in [0.15, 0.2) is 0 Å². The largest absolute Gasteiger partial charge is 0.309 e. The predicted octanol–water partition coefficient (Wildman–Crippen LogP) is 4.07. The fourth-order valence-electron chi connectivity index (χ4n) is 2.03. The lowest BCUT2D eigenvalue weighted by atomic mass is 9.97. The second kappa shape index (κ2) is 5.48. The number of halogens is 1. The van der Waals surface area contributed by atoms with E-state index in [9.17, 15) is 0 Å². The molecular weight excluding hydrogens is 274 g/mol. The molecule has 0 radical (unpaired) electrons. The third-order valence-electron chi connectivity index (χ3n) is 2.88. The summed E-state index contributed by atoms with van der Waals surface area (Å²) in [6.07, 6.45) is 0. The molecule has 0 saturated heterocycles. The van der Waals surface area contributed by atoms with Gasteiger partial charge in [0.25, 0.3) is 0 Å². The molecule has 0 aliphatic rings. The van der Waals surface area contributed by atoms with Crippen LogP contribution in [0, 0.1) is 6.92 Å². The Morgan fingerprint density at radius 3 is 2.41 bits per heavy atom. The van der Waals surface area contributed by atoms with E-state index in [0.717, 1.165) is 4.47 Å². The lowest BCUT2D eigenvalue weighted by molar-refractivity contribution is 0.688. The molecule has 88 valence electrons. The molecule has 2 aromatic rings. The lowest BCUT2D eigenvalue weighted by Crippen LogP contribution is -2.18. The van der Waals surface area contributed by atoms with Crippen molar-refractivity contribution in [3.8, 4) is 0 Å². The van der Waals surface area contributed by atoms with Crippen LogP contribution in [0.15, 0.2) is 53.0 Å². The van der Waals surface area contributed by atoms with Crippen LogP contribution in [0.3, 0.4) is 0 Å². The molecule has 1 nitrogen and oxygen atoms in total. The minimum atomic E-state index is 0.227. The minimum Gasteiger partial charge on any atom is -0.309 e. The first-order chi connectivity index (χ1) is 8.22. The lowest BCUT2D eigenvalue weighted by Gasteiger charge is -2.19. The SMILES string of the molecule is CNC(c1ccccc1)c1cc(C)ccc1Br. The first kappa shape index (κ1) is 12.3. The van der Waals surface area contributed by atoms with Crippen LogP contribution in [0.5, 0.6) is 0 Å². The molecule has 0 fully saturated rings. The first-order valence-corrected chi connectivity index (χ1v) is 6.50. The third-order valence-corrected chi connectivity index (χ3v) is 3.61. The smallest absolute Gasteiger partial charge is 0.0585 e. The van der Waals surface area contributed by atoms with Gasteiger partial charge in [0.2, 0.25) is 0 Å². The van der Waals surface area contributed by atoms with Gasteiger partial charge in [-0.25, -0.2) is 0 Å². The summed E-state index contributed by atoms with van der Waals surface area (Å²) >= 11 is 3.63. The highest BCUT2D eigenvalue weighted by Gasteiger charge is 2.14. The summed E-state index contributed by atoms with van der Waals surface area (Å²) < 4.78 is 1.14. The van der Waals surface area contributed by atoms with Crippen molar-refractivity contribution >= 4 is 15.9 Å². The zero-order valence-electron chi connectivity index (χ0n) is 10.1. The molecule has 0 amide bonds. The van der Waals surface area contributed by atoms with Crippen molar-refractivity contribution in [1.29, 1.82) is 0 Å². The Kier molecular flexibility index (Phi) is 3.97. The van der Waals surface area contributed by atoms with Gasteiger partial charge in [-0.2, -0.15) is 0 Å².